The fourth-order valence-electron chi connectivity index (χ4n) is 5.74. The van der Waals surface area contributed by atoms with Gasteiger partial charge < -0.3 is 9.47 Å². The van der Waals surface area contributed by atoms with Gasteiger partial charge in [0.1, 0.15) is 11.5 Å². The zero-order valence-corrected chi connectivity index (χ0v) is 24.8. The molecule has 0 saturated heterocycles. The van der Waals surface area contributed by atoms with Gasteiger partial charge in [-0.2, -0.15) is 0 Å². The molecule has 216 valence electrons. The summed E-state index contributed by atoms with van der Waals surface area (Å²) in [7, 11) is 0. The number of unbranched alkanes of at least 4 members (excludes halogenated alkanes) is 9. The van der Waals surface area contributed by atoms with Crippen molar-refractivity contribution in [2.75, 3.05) is 6.61 Å². The van der Waals surface area contributed by atoms with Gasteiger partial charge in [0.15, 0.2) is 0 Å². The van der Waals surface area contributed by atoms with Crippen molar-refractivity contribution in [1.29, 1.82) is 0 Å². The van der Waals surface area contributed by atoms with E-state index in [0.29, 0.717) is 17.9 Å². The van der Waals surface area contributed by atoms with Crippen molar-refractivity contribution in [2.45, 2.75) is 129 Å². The lowest BCUT2D eigenvalue weighted by atomic mass is 9.78. The van der Waals surface area contributed by atoms with Crippen molar-refractivity contribution < 1.29 is 14.3 Å². The maximum absolute atomic E-state index is 12.6. The zero-order valence-electron chi connectivity index (χ0n) is 24.8. The number of ether oxygens (including phenoxy) is 2. The number of nitrogens with zero attached hydrogens (tertiary/aromatic N) is 1. The Hall–Kier alpha value is -2.36. The van der Waals surface area contributed by atoms with Gasteiger partial charge in [0.25, 0.3) is 0 Å². The molecule has 1 aromatic heterocycles. The number of rotatable bonds is 19. The Morgan fingerprint density at radius 2 is 1.31 bits per heavy atom. The highest BCUT2D eigenvalue weighted by Gasteiger charge is 2.21. The van der Waals surface area contributed by atoms with Gasteiger partial charge in [0.05, 0.1) is 18.4 Å². The largest absolute Gasteiger partial charge is 0.494 e. The van der Waals surface area contributed by atoms with Crippen LogP contribution in [0.15, 0.2) is 42.6 Å². The van der Waals surface area contributed by atoms with Gasteiger partial charge in [-0.3, -0.25) is 4.98 Å². The van der Waals surface area contributed by atoms with Crippen molar-refractivity contribution in [1.82, 2.24) is 4.98 Å². The second-order valence-electron chi connectivity index (χ2n) is 11.6. The minimum Gasteiger partial charge on any atom is -0.494 e. The number of hydrogen-bond donors (Lipinski definition) is 0. The SMILES string of the molecule is CCCCCCCCOc1ccc(C(=O)Oc2ccc(CCC3CCC(CCCCCCC)CC3)nc2)cc1. The highest BCUT2D eigenvalue weighted by Crippen LogP contribution is 2.34. The second-order valence-corrected chi connectivity index (χ2v) is 11.6. The molecule has 1 aromatic carbocycles. The molecule has 0 spiro atoms. The Morgan fingerprint density at radius 1 is 0.718 bits per heavy atom. The summed E-state index contributed by atoms with van der Waals surface area (Å²) in [6.07, 6.45) is 25.3. The Morgan fingerprint density at radius 3 is 1.95 bits per heavy atom. The highest BCUT2D eigenvalue weighted by molar-refractivity contribution is 5.91. The van der Waals surface area contributed by atoms with E-state index in [1.54, 1.807) is 18.3 Å². The molecule has 1 heterocycles. The second kappa shape index (κ2) is 18.8. The Labute approximate surface area is 238 Å². The molecule has 0 radical (unpaired) electrons. The van der Waals surface area contributed by atoms with Crippen molar-refractivity contribution in [3.63, 3.8) is 0 Å². The summed E-state index contributed by atoms with van der Waals surface area (Å²) >= 11 is 0. The summed E-state index contributed by atoms with van der Waals surface area (Å²) in [6.45, 7) is 5.24. The van der Waals surface area contributed by atoms with Crippen LogP contribution in [0.2, 0.25) is 0 Å². The molecule has 0 amide bonds. The van der Waals surface area contributed by atoms with E-state index in [2.05, 4.69) is 18.8 Å². The first-order valence-corrected chi connectivity index (χ1v) is 16.1. The third-order valence-electron chi connectivity index (χ3n) is 8.36. The first-order valence-electron chi connectivity index (χ1n) is 16.1. The molecule has 1 saturated carbocycles. The van der Waals surface area contributed by atoms with Crippen LogP contribution in [-0.4, -0.2) is 17.6 Å². The molecule has 2 aromatic rings. The average molecular weight is 536 g/mol. The van der Waals surface area contributed by atoms with Crippen LogP contribution >= 0.6 is 0 Å². The molecule has 1 fully saturated rings. The van der Waals surface area contributed by atoms with Crippen LogP contribution in [0.3, 0.4) is 0 Å². The summed E-state index contributed by atoms with van der Waals surface area (Å²) in [5, 5.41) is 0. The molecule has 3 rings (SSSR count). The molecular formula is C35H53NO3. The van der Waals surface area contributed by atoms with Crippen LogP contribution in [0.4, 0.5) is 0 Å². The first kappa shape index (κ1) is 31.2. The topological polar surface area (TPSA) is 48.4 Å². The molecular weight excluding hydrogens is 482 g/mol. The maximum Gasteiger partial charge on any atom is 0.343 e. The van der Waals surface area contributed by atoms with Crippen LogP contribution in [0.25, 0.3) is 0 Å². The van der Waals surface area contributed by atoms with E-state index in [0.717, 1.165) is 36.1 Å². The summed E-state index contributed by atoms with van der Waals surface area (Å²) in [6, 6.07) is 11.1. The smallest absolute Gasteiger partial charge is 0.343 e. The molecule has 4 heteroatoms. The van der Waals surface area contributed by atoms with Gasteiger partial charge in [-0.25, -0.2) is 4.79 Å². The van der Waals surface area contributed by atoms with Crippen LogP contribution in [0.1, 0.15) is 139 Å². The van der Waals surface area contributed by atoms with Gasteiger partial charge in [0, 0.05) is 5.69 Å². The Balaban J connectivity index is 1.30. The van der Waals surface area contributed by atoms with E-state index in [1.165, 1.54) is 103 Å². The number of pyridine rings is 1. The Bertz CT molecular complexity index is 900. The van der Waals surface area contributed by atoms with Gasteiger partial charge in [-0.1, -0.05) is 110 Å². The molecule has 1 aliphatic rings. The summed E-state index contributed by atoms with van der Waals surface area (Å²) in [4.78, 5) is 17.1. The van der Waals surface area contributed by atoms with Crippen LogP contribution < -0.4 is 9.47 Å². The number of aryl methyl sites for hydroxylation is 1. The number of aromatic nitrogens is 1. The van der Waals surface area contributed by atoms with Gasteiger partial charge in [-0.05, 0) is 67.5 Å². The van der Waals surface area contributed by atoms with Crippen molar-refractivity contribution in [2.24, 2.45) is 11.8 Å². The van der Waals surface area contributed by atoms with Crippen molar-refractivity contribution >= 4 is 5.97 Å². The minimum absolute atomic E-state index is 0.367. The molecule has 1 aliphatic carbocycles. The summed E-state index contributed by atoms with van der Waals surface area (Å²) in [5.41, 5.74) is 1.60. The van der Waals surface area contributed by atoms with Crippen LogP contribution in [-0.2, 0) is 6.42 Å². The number of carbonyl (C=O) groups is 1. The Kier molecular flexibility index (Phi) is 15.1. The number of carbonyl (C=O) groups excluding carboxylic acids is 1. The average Bonchev–Trinajstić information content (AvgIpc) is 2.97. The lowest BCUT2D eigenvalue weighted by Gasteiger charge is -2.28. The molecule has 0 atom stereocenters. The molecule has 39 heavy (non-hydrogen) atoms. The lowest BCUT2D eigenvalue weighted by Crippen LogP contribution is -2.15. The van der Waals surface area contributed by atoms with E-state index in [9.17, 15) is 4.79 Å². The molecule has 0 unspecified atom stereocenters. The van der Waals surface area contributed by atoms with Crippen molar-refractivity contribution in [3.8, 4) is 11.5 Å². The van der Waals surface area contributed by atoms with E-state index in [1.807, 2.05) is 24.3 Å². The summed E-state index contributed by atoms with van der Waals surface area (Å²) in [5.74, 6) is 2.71. The van der Waals surface area contributed by atoms with Gasteiger partial charge in [0.2, 0.25) is 0 Å². The quantitative estimate of drug-likeness (QED) is 0.133. The standard InChI is InChI=1S/C35H53NO3/c1-3-5-7-9-11-13-27-38-33-24-20-31(21-25-33)35(37)39-34-26-23-32(36-28-34)22-19-30-17-15-29(16-18-30)14-12-10-8-6-4-2/h20-21,23-26,28-30H,3-19,22,27H2,1-2H3. The molecule has 0 bridgehead atoms. The lowest BCUT2D eigenvalue weighted by molar-refractivity contribution is 0.0734. The molecule has 0 N–H and O–H groups in total. The van der Waals surface area contributed by atoms with Crippen LogP contribution in [0, 0.1) is 11.8 Å². The number of hydrogen-bond acceptors (Lipinski definition) is 4. The summed E-state index contributed by atoms with van der Waals surface area (Å²) < 4.78 is 11.4. The normalized spacial score (nSPS) is 17.2. The van der Waals surface area contributed by atoms with E-state index in [-0.39, 0.29) is 5.97 Å². The molecule has 0 aliphatic heterocycles. The fourth-order valence-corrected chi connectivity index (χ4v) is 5.74. The third-order valence-corrected chi connectivity index (χ3v) is 8.36. The van der Waals surface area contributed by atoms with E-state index >= 15 is 0 Å². The zero-order chi connectivity index (χ0) is 27.5. The van der Waals surface area contributed by atoms with Gasteiger partial charge in [-0.15, -0.1) is 0 Å². The number of esters is 1. The monoisotopic (exact) mass is 535 g/mol. The van der Waals surface area contributed by atoms with Gasteiger partial charge >= 0.3 is 5.97 Å². The van der Waals surface area contributed by atoms with E-state index in [4.69, 9.17) is 9.47 Å². The minimum atomic E-state index is -0.367. The predicted molar refractivity (Wildman–Crippen MR) is 162 cm³/mol. The number of benzene rings is 1. The predicted octanol–water partition coefficient (Wildman–Crippen LogP) is 10.1. The first-order chi connectivity index (χ1) is 19.2. The molecule has 4 nitrogen and oxygen atoms in total. The fraction of sp³-hybridized carbons (Fsp3) is 0.657. The van der Waals surface area contributed by atoms with Crippen LogP contribution in [0.5, 0.6) is 11.5 Å². The maximum atomic E-state index is 12.6. The van der Waals surface area contributed by atoms with Crippen molar-refractivity contribution in [3.05, 3.63) is 53.9 Å². The highest BCUT2D eigenvalue weighted by atomic mass is 16.5. The third kappa shape index (κ3) is 12.6. The van der Waals surface area contributed by atoms with E-state index < -0.39 is 0 Å².